The molecule has 102 valence electrons. The molecule has 2 rings (SSSR count). The summed E-state index contributed by atoms with van der Waals surface area (Å²) in [6, 6.07) is 14.3. The summed E-state index contributed by atoms with van der Waals surface area (Å²) in [6.45, 7) is 0. The molecule has 0 saturated heterocycles. The molecule has 0 bridgehead atoms. The molecule has 0 spiro atoms. The zero-order valence-corrected chi connectivity index (χ0v) is 10.5. The molecule has 0 fully saturated rings. The third-order valence-electron chi connectivity index (χ3n) is 2.60. The summed E-state index contributed by atoms with van der Waals surface area (Å²) < 4.78 is 12.9. The maximum absolute atomic E-state index is 12.9. The van der Waals surface area contributed by atoms with Gasteiger partial charge in [0.05, 0.1) is 6.21 Å². The van der Waals surface area contributed by atoms with Crippen LogP contribution in [0.3, 0.4) is 0 Å². The normalized spacial score (nSPS) is 12.3. The highest BCUT2D eigenvalue weighted by molar-refractivity contribution is 5.84. The van der Waals surface area contributed by atoms with E-state index in [-0.39, 0.29) is 5.82 Å². The Hall–Kier alpha value is -2.53. The number of nitrogens with one attached hydrogen (secondary N) is 1. The predicted octanol–water partition coefficient (Wildman–Crippen LogP) is 2.01. The summed E-state index contributed by atoms with van der Waals surface area (Å²) >= 11 is 0. The van der Waals surface area contributed by atoms with Crippen molar-refractivity contribution in [3.05, 3.63) is 71.5 Å². The van der Waals surface area contributed by atoms with Gasteiger partial charge in [0.2, 0.25) is 0 Å². The molecule has 1 amide bonds. The van der Waals surface area contributed by atoms with Gasteiger partial charge in [-0.1, -0.05) is 42.5 Å². The molecular weight excluding hydrogens is 259 g/mol. The van der Waals surface area contributed by atoms with Crippen LogP contribution in [-0.4, -0.2) is 17.2 Å². The minimum atomic E-state index is -1.29. The number of aliphatic hydroxyl groups excluding tert-OH is 1. The molecule has 0 aliphatic rings. The van der Waals surface area contributed by atoms with Crippen LogP contribution >= 0.6 is 0 Å². The minimum Gasteiger partial charge on any atom is -0.378 e. The van der Waals surface area contributed by atoms with E-state index in [9.17, 15) is 14.3 Å². The van der Waals surface area contributed by atoms with E-state index in [0.717, 1.165) is 0 Å². The van der Waals surface area contributed by atoms with Crippen molar-refractivity contribution in [3.63, 3.8) is 0 Å². The zero-order chi connectivity index (χ0) is 14.4. The Balaban J connectivity index is 1.95. The summed E-state index contributed by atoms with van der Waals surface area (Å²) in [7, 11) is 0. The van der Waals surface area contributed by atoms with Crippen LogP contribution in [0.1, 0.15) is 17.2 Å². The first kappa shape index (κ1) is 13.9. The number of hydrogen-bond acceptors (Lipinski definition) is 3. The lowest BCUT2D eigenvalue weighted by atomic mass is 10.1. The number of hydrogen-bond donors (Lipinski definition) is 2. The largest absolute Gasteiger partial charge is 0.378 e. The van der Waals surface area contributed by atoms with Crippen molar-refractivity contribution in [2.45, 2.75) is 6.10 Å². The lowest BCUT2D eigenvalue weighted by Gasteiger charge is -2.08. The predicted molar refractivity (Wildman–Crippen MR) is 73.5 cm³/mol. The summed E-state index contributed by atoms with van der Waals surface area (Å²) in [5.41, 5.74) is 3.20. The van der Waals surface area contributed by atoms with E-state index in [2.05, 4.69) is 10.5 Å². The van der Waals surface area contributed by atoms with Gasteiger partial charge in [-0.2, -0.15) is 5.10 Å². The summed E-state index contributed by atoms with van der Waals surface area (Å²) in [5, 5.41) is 13.5. The van der Waals surface area contributed by atoms with Gasteiger partial charge in [-0.05, 0) is 23.3 Å². The van der Waals surface area contributed by atoms with Gasteiger partial charge in [-0.15, -0.1) is 0 Å². The number of amides is 1. The molecule has 1 unspecified atom stereocenters. The maximum Gasteiger partial charge on any atom is 0.273 e. The fourth-order valence-corrected chi connectivity index (χ4v) is 1.61. The molecule has 20 heavy (non-hydrogen) atoms. The Morgan fingerprint density at radius 3 is 2.65 bits per heavy atom. The number of rotatable bonds is 4. The van der Waals surface area contributed by atoms with Gasteiger partial charge >= 0.3 is 0 Å². The Morgan fingerprint density at radius 1 is 1.20 bits per heavy atom. The first-order chi connectivity index (χ1) is 9.66. The third kappa shape index (κ3) is 3.73. The molecule has 0 aliphatic carbocycles. The highest BCUT2D eigenvalue weighted by Crippen LogP contribution is 2.11. The van der Waals surface area contributed by atoms with Gasteiger partial charge in [0.25, 0.3) is 5.91 Å². The Morgan fingerprint density at radius 2 is 1.95 bits per heavy atom. The SMILES string of the molecule is O=C(NN=Cc1cccc(F)c1)C(O)c1ccccc1. The average Bonchev–Trinajstić information content (AvgIpc) is 2.47. The lowest BCUT2D eigenvalue weighted by molar-refractivity contribution is -0.129. The fourth-order valence-electron chi connectivity index (χ4n) is 1.61. The molecule has 0 radical (unpaired) electrons. The first-order valence-electron chi connectivity index (χ1n) is 5.98. The van der Waals surface area contributed by atoms with Gasteiger partial charge in [0.15, 0.2) is 6.10 Å². The second-order valence-corrected chi connectivity index (χ2v) is 4.10. The number of halogens is 1. The highest BCUT2D eigenvalue weighted by Gasteiger charge is 2.15. The highest BCUT2D eigenvalue weighted by atomic mass is 19.1. The Labute approximate surface area is 115 Å². The van der Waals surface area contributed by atoms with Gasteiger partial charge in [0.1, 0.15) is 5.82 Å². The molecule has 2 N–H and O–H groups in total. The van der Waals surface area contributed by atoms with Crippen LogP contribution in [0.15, 0.2) is 59.7 Å². The molecule has 0 saturated carbocycles. The molecular formula is C15H13FN2O2. The summed E-state index contributed by atoms with van der Waals surface area (Å²) in [5.74, 6) is -1.03. The maximum atomic E-state index is 12.9. The Kier molecular flexibility index (Phi) is 4.57. The van der Waals surface area contributed by atoms with Crippen LogP contribution in [0.25, 0.3) is 0 Å². The zero-order valence-electron chi connectivity index (χ0n) is 10.5. The Bertz CT molecular complexity index is 614. The van der Waals surface area contributed by atoms with Gasteiger partial charge in [-0.3, -0.25) is 4.79 Å². The molecule has 0 heterocycles. The van der Waals surface area contributed by atoms with E-state index in [0.29, 0.717) is 11.1 Å². The number of carbonyl (C=O) groups is 1. The third-order valence-corrected chi connectivity index (χ3v) is 2.60. The minimum absolute atomic E-state index is 0.385. The van der Waals surface area contributed by atoms with Crippen molar-refractivity contribution in [1.29, 1.82) is 0 Å². The van der Waals surface area contributed by atoms with Crippen LogP contribution in [0.5, 0.6) is 0 Å². The second kappa shape index (κ2) is 6.58. The lowest BCUT2D eigenvalue weighted by Crippen LogP contribution is -2.25. The molecule has 2 aromatic rings. The van der Waals surface area contributed by atoms with Crippen LogP contribution in [0, 0.1) is 5.82 Å². The van der Waals surface area contributed by atoms with Crippen LogP contribution in [-0.2, 0) is 4.79 Å². The number of carbonyl (C=O) groups excluding carboxylic acids is 1. The van der Waals surface area contributed by atoms with Gasteiger partial charge < -0.3 is 5.11 Å². The quantitative estimate of drug-likeness (QED) is 0.660. The summed E-state index contributed by atoms with van der Waals surface area (Å²) in [6.07, 6.45) is 0.0134. The van der Waals surface area contributed by atoms with Crippen molar-refractivity contribution < 1.29 is 14.3 Å². The number of nitrogens with zero attached hydrogens (tertiary/aromatic N) is 1. The van der Waals surface area contributed by atoms with E-state index in [4.69, 9.17) is 0 Å². The molecule has 4 nitrogen and oxygen atoms in total. The van der Waals surface area contributed by atoms with E-state index in [1.54, 1.807) is 36.4 Å². The topological polar surface area (TPSA) is 61.7 Å². The van der Waals surface area contributed by atoms with Gasteiger partial charge in [0, 0.05) is 0 Å². The molecule has 1 atom stereocenters. The van der Waals surface area contributed by atoms with Crippen molar-refractivity contribution in [3.8, 4) is 0 Å². The van der Waals surface area contributed by atoms with Crippen LogP contribution in [0.4, 0.5) is 4.39 Å². The first-order valence-corrected chi connectivity index (χ1v) is 5.98. The average molecular weight is 272 g/mol. The number of aliphatic hydroxyl groups is 1. The van der Waals surface area contributed by atoms with E-state index < -0.39 is 12.0 Å². The van der Waals surface area contributed by atoms with Crippen LogP contribution < -0.4 is 5.43 Å². The van der Waals surface area contributed by atoms with Crippen molar-refractivity contribution in [2.24, 2.45) is 5.10 Å². The second-order valence-electron chi connectivity index (χ2n) is 4.10. The van der Waals surface area contributed by atoms with Crippen molar-refractivity contribution in [1.82, 2.24) is 5.43 Å². The van der Waals surface area contributed by atoms with Crippen molar-refractivity contribution in [2.75, 3.05) is 0 Å². The fraction of sp³-hybridized carbons (Fsp3) is 0.0667. The van der Waals surface area contributed by atoms with E-state index in [1.165, 1.54) is 24.4 Å². The van der Waals surface area contributed by atoms with Crippen molar-refractivity contribution >= 4 is 12.1 Å². The standard InChI is InChI=1S/C15H13FN2O2/c16-13-8-4-5-11(9-13)10-17-18-15(20)14(19)12-6-2-1-3-7-12/h1-10,14,19H,(H,18,20). The van der Waals surface area contributed by atoms with E-state index >= 15 is 0 Å². The smallest absolute Gasteiger partial charge is 0.273 e. The van der Waals surface area contributed by atoms with Gasteiger partial charge in [-0.25, -0.2) is 9.82 Å². The molecule has 2 aromatic carbocycles. The molecule has 5 heteroatoms. The van der Waals surface area contributed by atoms with E-state index in [1.807, 2.05) is 0 Å². The number of hydrazone groups is 1. The molecule has 0 aliphatic heterocycles. The number of benzene rings is 2. The molecule has 0 aromatic heterocycles. The monoisotopic (exact) mass is 272 g/mol. The summed E-state index contributed by atoms with van der Waals surface area (Å²) in [4.78, 5) is 11.7. The van der Waals surface area contributed by atoms with Crippen LogP contribution in [0.2, 0.25) is 0 Å².